The molecule has 0 bridgehead atoms. The summed E-state index contributed by atoms with van der Waals surface area (Å²) in [6.45, 7) is -0.616. The van der Waals surface area contributed by atoms with Gasteiger partial charge in [0.1, 0.15) is 0 Å². The lowest BCUT2D eigenvalue weighted by Gasteiger charge is -2.19. The highest BCUT2D eigenvalue weighted by atomic mass is 32.2. The molecule has 0 aliphatic rings. The highest BCUT2D eigenvalue weighted by molar-refractivity contribution is 7.89. The Hall–Kier alpha value is -1.82. The first-order valence-electron chi connectivity index (χ1n) is 6.13. The summed E-state index contributed by atoms with van der Waals surface area (Å²) in [5.74, 6) is -1.38. The van der Waals surface area contributed by atoms with E-state index in [0.29, 0.717) is 4.31 Å². The highest BCUT2D eigenvalue weighted by Crippen LogP contribution is 2.37. The number of carboxylic acids is 1. The van der Waals surface area contributed by atoms with E-state index in [1.165, 1.54) is 0 Å². The van der Waals surface area contributed by atoms with E-state index in [2.05, 4.69) is 0 Å². The minimum atomic E-state index is -5.19. The van der Waals surface area contributed by atoms with E-state index in [1.54, 1.807) is 0 Å². The molecule has 0 radical (unpaired) electrons. The van der Waals surface area contributed by atoms with Gasteiger partial charge >= 0.3 is 18.3 Å². The third-order valence-electron chi connectivity index (χ3n) is 2.91. The quantitative estimate of drug-likeness (QED) is 0.799. The third kappa shape index (κ3) is 4.84. The van der Waals surface area contributed by atoms with E-state index >= 15 is 0 Å². The fraction of sp³-hybridized carbons (Fsp3) is 0.417. The van der Waals surface area contributed by atoms with Gasteiger partial charge in [-0.1, -0.05) is 0 Å². The number of benzene rings is 1. The maximum Gasteiger partial charge on any atom is 0.416 e. The van der Waals surface area contributed by atoms with E-state index in [9.17, 15) is 39.6 Å². The Morgan fingerprint density at radius 2 is 1.46 bits per heavy atom. The number of aliphatic carboxylic acids is 1. The zero-order valence-corrected chi connectivity index (χ0v) is 12.8. The maximum atomic E-state index is 12.7. The zero-order chi connectivity index (χ0) is 18.9. The molecule has 0 unspecified atom stereocenters. The third-order valence-corrected chi connectivity index (χ3v) is 4.74. The van der Waals surface area contributed by atoms with Gasteiger partial charge in [-0.05, 0) is 18.2 Å². The van der Waals surface area contributed by atoms with Crippen LogP contribution in [0.4, 0.5) is 26.3 Å². The lowest BCUT2D eigenvalue weighted by molar-refractivity contribution is -0.143. The lowest BCUT2D eigenvalue weighted by Crippen LogP contribution is -2.29. The van der Waals surface area contributed by atoms with Crippen LogP contribution in [0.25, 0.3) is 0 Å². The van der Waals surface area contributed by atoms with Gasteiger partial charge in [-0.2, -0.15) is 26.3 Å². The molecule has 1 aromatic rings. The van der Waals surface area contributed by atoms with Crippen molar-refractivity contribution in [1.29, 1.82) is 0 Å². The molecule has 1 N–H and O–H groups in total. The average molecular weight is 379 g/mol. The van der Waals surface area contributed by atoms with Crippen LogP contribution in [0.15, 0.2) is 23.1 Å². The van der Waals surface area contributed by atoms with Gasteiger partial charge in [0, 0.05) is 13.6 Å². The number of hydrogen-bond acceptors (Lipinski definition) is 3. The van der Waals surface area contributed by atoms with E-state index in [4.69, 9.17) is 5.11 Å². The number of alkyl halides is 6. The number of nitrogens with zero attached hydrogens (tertiary/aromatic N) is 1. The maximum absolute atomic E-state index is 12.7. The van der Waals surface area contributed by atoms with Crippen molar-refractivity contribution in [1.82, 2.24) is 4.31 Å². The summed E-state index contributed by atoms with van der Waals surface area (Å²) in [5.41, 5.74) is -3.55. The SMILES string of the molecule is CN(CCC(=O)O)S(=O)(=O)c1cc(C(F)(F)F)cc(C(F)(F)F)c1. The molecule has 0 saturated heterocycles. The minimum absolute atomic E-state index is 0.0713. The number of hydrogen-bond donors (Lipinski definition) is 1. The van der Waals surface area contributed by atoms with E-state index in [0.717, 1.165) is 7.05 Å². The van der Waals surface area contributed by atoms with Crippen LogP contribution in [0.5, 0.6) is 0 Å². The molecule has 0 heterocycles. The van der Waals surface area contributed by atoms with Gasteiger partial charge < -0.3 is 5.11 Å². The zero-order valence-electron chi connectivity index (χ0n) is 11.9. The number of rotatable bonds is 5. The summed E-state index contributed by atoms with van der Waals surface area (Å²) in [7, 11) is -3.88. The molecule has 0 aromatic heterocycles. The summed E-state index contributed by atoms with van der Waals surface area (Å²) in [6.07, 6.45) is -11.0. The number of halogens is 6. The highest BCUT2D eigenvalue weighted by Gasteiger charge is 2.38. The van der Waals surface area contributed by atoms with Gasteiger partial charge in [0.05, 0.1) is 22.4 Å². The van der Waals surface area contributed by atoms with Gasteiger partial charge in [0.25, 0.3) is 0 Å². The molecule has 0 spiro atoms. The molecule has 5 nitrogen and oxygen atoms in total. The van der Waals surface area contributed by atoms with Crippen LogP contribution in [-0.4, -0.2) is 37.4 Å². The molecule has 0 saturated carbocycles. The van der Waals surface area contributed by atoms with Crippen molar-refractivity contribution in [3.63, 3.8) is 0 Å². The van der Waals surface area contributed by atoms with Crippen LogP contribution in [0, 0.1) is 0 Å². The fourth-order valence-electron chi connectivity index (χ4n) is 1.63. The van der Waals surface area contributed by atoms with Gasteiger partial charge in [-0.15, -0.1) is 0 Å². The van der Waals surface area contributed by atoms with Crippen LogP contribution >= 0.6 is 0 Å². The Morgan fingerprint density at radius 1 is 1.04 bits per heavy atom. The number of carboxylic acid groups (broad SMARTS) is 1. The van der Waals surface area contributed by atoms with Gasteiger partial charge in [-0.25, -0.2) is 12.7 Å². The van der Waals surface area contributed by atoms with Crippen LogP contribution < -0.4 is 0 Å². The van der Waals surface area contributed by atoms with Gasteiger partial charge in [-0.3, -0.25) is 4.79 Å². The van der Waals surface area contributed by atoms with Crippen molar-refractivity contribution in [2.24, 2.45) is 0 Å². The molecular formula is C12H11F6NO4S. The van der Waals surface area contributed by atoms with Crippen molar-refractivity contribution >= 4 is 16.0 Å². The first-order valence-corrected chi connectivity index (χ1v) is 7.57. The molecular weight excluding hydrogens is 368 g/mol. The molecule has 24 heavy (non-hydrogen) atoms. The predicted octanol–water partition coefficient (Wildman–Crippen LogP) is 2.82. The molecule has 0 fully saturated rings. The second-order valence-corrected chi connectivity index (χ2v) is 6.76. The van der Waals surface area contributed by atoms with Crippen LogP contribution in [0.3, 0.4) is 0 Å². The Labute approximate surface area is 132 Å². The summed E-state index contributed by atoms with van der Waals surface area (Å²) in [5, 5.41) is 8.48. The standard InChI is InChI=1S/C12H11F6NO4S/c1-19(3-2-10(20)21)24(22,23)9-5-7(11(13,14)15)4-8(6-9)12(16,17)18/h4-6H,2-3H2,1H3,(H,20,21). The lowest BCUT2D eigenvalue weighted by atomic mass is 10.1. The summed E-state index contributed by atoms with van der Waals surface area (Å²) in [6, 6.07) is -0.0556. The molecule has 136 valence electrons. The minimum Gasteiger partial charge on any atom is -0.481 e. The Balaban J connectivity index is 3.43. The van der Waals surface area contributed by atoms with Crippen LogP contribution in [0.2, 0.25) is 0 Å². The second-order valence-electron chi connectivity index (χ2n) is 4.71. The van der Waals surface area contributed by atoms with Crippen molar-refractivity contribution in [2.75, 3.05) is 13.6 Å². The normalized spacial score (nSPS) is 13.3. The number of sulfonamides is 1. The first-order chi connectivity index (χ1) is 10.7. The Bertz CT molecular complexity index is 694. The van der Waals surface area contributed by atoms with Crippen molar-refractivity contribution in [2.45, 2.75) is 23.7 Å². The molecule has 0 amide bonds. The van der Waals surface area contributed by atoms with E-state index in [1.807, 2.05) is 0 Å². The average Bonchev–Trinajstić information content (AvgIpc) is 2.42. The van der Waals surface area contributed by atoms with Crippen molar-refractivity contribution < 1.29 is 44.7 Å². The largest absolute Gasteiger partial charge is 0.481 e. The monoisotopic (exact) mass is 379 g/mol. The van der Waals surface area contributed by atoms with Crippen LogP contribution in [-0.2, 0) is 27.2 Å². The predicted molar refractivity (Wildman–Crippen MR) is 68.5 cm³/mol. The summed E-state index contributed by atoms with van der Waals surface area (Å²) >= 11 is 0. The van der Waals surface area contributed by atoms with Gasteiger partial charge in [0.15, 0.2) is 0 Å². The summed E-state index contributed by atoms with van der Waals surface area (Å²) in [4.78, 5) is 9.19. The van der Waals surface area contributed by atoms with E-state index in [-0.39, 0.29) is 18.2 Å². The summed E-state index contributed by atoms with van der Waals surface area (Å²) < 4.78 is 101. The smallest absolute Gasteiger partial charge is 0.416 e. The Morgan fingerprint density at radius 3 is 1.79 bits per heavy atom. The van der Waals surface area contributed by atoms with Crippen molar-refractivity contribution in [3.05, 3.63) is 29.3 Å². The molecule has 0 aliphatic heterocycles. The second kappa shape index (κ2) is 6.59. The number of carbonyl (C=O) groups is 1. The topological polar surface area (TPSA) is 74.7 Å². The van der Waals surface area contributed by atoms with Crippen LogP contribution in [0.1, 0.15) is 17.5 Å². The van der Waals surface area contributed by atoms with E-state index < -0.39 is 57.3 Å². The molecule has 12 heteroatoms. The molecule has 1 rings (SSSR count). The Kier molecular flexibility index (Phi) is 5.55. The first kappa shape index (κ1) is 20.2. The van der Waals surface area contributed by atoms with Gasteiger partial charge in [0.2, 0.25) is 10.0 Å². The molecule has 0 aliphatic carbocycles. The fourth-order valence-corrected chi connectivity index (χ4v) is 2.87. The van der Waals surface area contributed by atoms with Crippen molar-refractivity contribution in [3.8, 4) is 0 Å². The molecule has 1 aromatic carbocycles. The molecule has 0 atom stereocenters.